The number of carbonyl (C=O) groups excluding carboxylic acids is 3. The summed E-state index contributed by atoms with van der Waals surface area (Å²) in [6.07, 6.45) is 0.706. The second-order valence-corrected chi connectivity index (χ2v) is 8.75. The molecule has 0 aliphatic heterocycles. The molecule has 0 fully saturated rings. The van der Waals surface area contributed by atoms with E-state index in [1.165, 1.54) is 4.90 Å². The number of hydrogen-bond acceptors (Lipinski definition) is 7. The lowest BCUT2D eigenvalue weighted by Gasteiger charge is -2.24. The zero-order valence-corrected chi connectivity index (χ0v) is 21.7. The van der Waals surface area contributed by atoms with Crippen molar-refractivity contribution in [2.75, 3.05) is 38.1 Å². The highest BCUT2D eigenvalue weighted by molar-refractivity contribution is 5.99. The monoisotopic (exact) mass is 512 g/mol. The van der Waals surface area contributed by atoms with Crippen LogP contribution in [0.2, 0.25) is 0 Å². The van der Waals surface area contributed by atoms with Crippen molar-refractivity contribution < 1.29 is 19.1 Å². The van der Waals surface area contributed by atoms with Gasteiger partial charge < -0.3 is 37.5 Å². The first kappa shape index (κ1) is 29.8. The van der Waals surface area contributed by atoms with Gasteiger partial charge in [0.25, 0.3) is 0 Å². The van der Waals surface area contributed by atoms with Gasteiger partial charge in [-0.05, 0) is 56.0 Å². The van der Waals surface area contributed by atoms with E-state index in [9.17, 15) is 14.4 Å². The summed E-state index contributed by atoms with van der Waals surface area (Å²) in [5, 5.41) is 5.65. The molecule has 0 aliphatic carbocycles. The Labute approximate surface area is 218 Å². The number of nitrogens with zero attached hydrogens (tertiary/aromatic N) is 1. The molecule has 0 spiro atoms. The molecule has 0 saturated carbocycles. The molecule has 0 radical (unpaired) electrons. The van der Waals surface area contributed by atoms with E-state index < -0.39 is 18.0 Å². The molecule has 0 aromatic heterocycles. The van der Waals surface area contributed by atoms with E-state index in [0.717, 1.165) is 11.1 Å². The molecular formula is C27H40N6O4. The average molecular weight is 513 g/mol. The molecule has 0 bridgehead atoms. The largest absolute Gasteiger partial charge is 0.494 e. The van der Waals surface area contributed by atoms with E-state index in [0.29, 0.717) is 44.0 Å². The van der Waals surface area contributed by atoms with Gasteiger partial charge in [-0.1, -0.05) is 30.3 Å². The van der Waals surface area contributed by atoms with E-state index in [1.54, 1.807) is 12.1 Å². The van der Waals surface area contributed by atoms with Crippen LogP contribution in [0.5, 0.6) is 5.75 Å². The van der Waals surface area contributed by atoms with Crippen LogP contribution in [0.15, 0.2) is 48.5 Å². The average Bonchev–Trinajstić information content (AvgIpc) is 2.88. The normalized spacial score (nSPS) is 12.4. The van der Waals surface area contributed by atoms with Gasteiger partial charge in [-0.25, -0.2) is 0 Å². The molecule has 2 aromatic rings. The highest BCUT2D eigenvalue weighted by Gasteiger charge is 2.26. The molecule has 10 heteroatoms. The summed E-state index contributed by atoms with van der Waals surface area (Å²) in [5.74, 6) is -0.553. The third-order valence-corrected chi connectivity index (χ3v) is 5.85. The SMILES string of the molecule is CCOc1ccc(NC(=O)[C@H](CCc2ccccc2)NC(=O)[C@@H](N)CC(=O)N(CCN)CCN)c(C)c1. The predicted molar refractivity (Wildman–Crippen MR) is 145 cm³/mol. The highest BCUT2D eigenvalue weighted by Crippen LogP contribution is 2.22. The number of nitrogens with two attached hydrogens (primary N) is 3. The van der Waals surface area contributed by atoms with Gasteiger partial charge in [-0.2, -0.15) is 0 Å². The third-order valence-electron chi connectivity index (χ3n) is 5.85. The minimum atomic E-state index is -1.12. The molecule has 0 saturated heterocycles. The fourth-order valence-electron chi connectivity index (χ4n) is 3.84. The molecule has 2 aromatic carbocycles. The summed E-state index contributed by atoms with van der Waals surface area (Å²) in [5.41, 5.74) is 19.7. The van der Waals surface area contributed by atoms with E-state index >= 15 is 0 Å². The zero-order chi connectivity index (χ0) is 27.2. The second kappa shape index (κ2) is 15.6. The number of hydrogen-bond donors (Lipinski definition) is 5. The number of amides is 3. The van der Waals surface area contributed by atoms with Crippen molar-refractivity contribution in [2.24, 2.45) is 17.2 Å². The fourth-order valence-corrected chi connectivity index (χ4v) is 3.84. The maximum atomic E-state index is 13.3. The van der Waals surface area contributed by atoms with Gasteiger partial charge in [0, 0.05) is 31.9 Å². The summed E-state index contributed by atoms with van der Waals surface area (Å²) >= 11 is 0. The van der Waals surface area contributed by atoms with Gasteiger partial charge in [-0.3, -0.25) is 14.4 Å². The van der Waals surface area contributed by atoms with Crippen molar-refractivity contribution in [1.82, 2.24) is 10.2 Å². The maximum absolute atomic E-state index is 13.3. The lowest BCUT2D eigenvalue weighted by molar-refractivity contribution is -0.134. The van der Waals surface area contributed by atoms with Crippen molar-refractivity contribution in [3.8, 4) is 5.75 Å². The maximum Gasteiger partial charge on any atom is 0.246 e. The topological polar surface area (TPSA) is 166 Å². The number of nitrogens with one attached hydrogen (secondary N) is 2. The van der Waals surface area contributed by atoms with Crippen LogP contribution in [-0.4, -0.2) is 67.5 Å². The van der Waals surface area contributed by atoms with Crippen LogP contribution >= 0.6 is 0 Å². The van der Waals surface area contributed by atoms with E-state index in [4.69, 9.17) is 21.9 Å². The number of ether oxygens (including phenoxy) is 1. The van der Waals surface area contributed by atoms with Crippen LogP contribution < -0.4 is 32.6 Å². The van der Waals surface area contributed by atoms with Crippen molar-refractivity contribution in [3.05, 3.63) is 59.7 Å². The summed E-state index contributed by atoms with van der Waals surface area (Å²) in [4.78, 5) is 40.3. The highest BCUT2D eigenvalue weighted by atomic mass is 16.5. The lowest BCUT2D eigenvalue weighted by atomic mass is 10.0. The van der Waals surface area contributed by atoms with Gasteiger partial charge in [0.05, 0.1) is 19.1 Å². The van der Waals surface area contributed by atoms with Crippen LogP contribution in [0.3, 0.4) is 0 Å². The molecule has 202 valence electrons. The smallest absolute Gasteiger partial charge is 0.246 e. The van der Waals surface area contributed by atoms with Gasteiger partial charge >= 0.3 is 0 Å². The van der Waals surface area contributed by atoms with Crippen molar-refractivity contribution in [3.63, 3.8) is 0 Å². The summed E-state index contributed by atoms with van der Waals surface area (Å²) < 4.78 is 5.51. The van der Waals surface area contributed by atoms with Gasteiger partial charge in [0.15, 0.2) is 0 Å². The minimum Gasteiger partial charge on any atom is -0.494 e. The zero-order valence-electron chi connectivity index (χ0n) is 21.7. The molecule has 2 atom stereocenters. The Morgan fingerprint density at radius 3 is 2.27 bits per heavy atom. The Hall–Kier alpha value is -3.47. The van der Waals surface area contributed by atoms with Crippen molar-refractivity contribution >= 4 is 23.4 Å². The molecular weight excluding hydrogens is 472 g/mol. The minimum absolute atomic E-state index is 0.211. The number of benzene rings is 2. The van der Waals surface area contributed by atoms with Crippen LogP contribution in [0, 0.1) is 6.92 Å². The Balaban J connectivity index is 2.11. The second-order valence-electron chi connectivity index (χ2n) is 8.75. The Morgan fingerprint density at radius 1 is 1.00 bits per heavy atom. The molecule has 0 unspecified atom stereocenters. The summed E-state index contributed by atoms with van der Waals surface area (Å²) in [7, 11) is 0. The number of carbonyl (C=O) groups is 3. The van der Waals surface area contributed by atoms with Gasteiger partial charge in [-0.15, -0.1) is 0 Å². The first-order chi connectivity index (χ1) is 17.8. The van der Waals surface area contributed by atoms with E-state index in [1.807, 2.05) is 50.2 Å². The Morgan fingerprint density at radius 2 is 1.68 bits per heavy atom. The van der Waals surface area contributed by atoms with Crippen LogP contribution in [0.1, 0.15) is 30.9 Å². The molecule has 3 amide bonds. The van der Waals surface area contributed by atoms with Crippen LogP contribution in [0.4, 0.5) is 5.69 Å². The molecule has 2 rings (SSSR count). The molecule has 10 nitrogen and oxygen atoms in total. The third kappa shape index (κ3) is 9.83. The molecule has 0 aliphatic rings. The summed E-state index contributed by atoms with van der Waals surface area (Å²) in [6, 6.07) is 13.1. The van der Waals surface area contributed by atoms with Gasteiger partial charge in [0.2, 0.25) is 17.7 Å². The van der Waals surface area contributed by atoms with Crippen LogP contribution in [-0.2, 0) is 20.8 Å². The fraction of sp³-hybridized carbons (Fsp3) is 0.444. The number of aryl methyl sites for hydroxylation is 2. The lowest BCUT2D eigenvalue weighted by Crippen LogP contribution is -2.52. The molecule has 37 heavy (non-hydrogen) atoms. The molecule has 0 heterocycles. The molecule has 8 N–H and O–H groups in total. The summed E-state index contributed by atoms with van der Waals surface area (Å²) in [6.45, 7) is 5.52. The van der Waals surface area contributed by atoms with Crippen molar-refractivity contribution in [1.29, 1.82) is 0 Å². The number of rotatable bonds is 15. The Bertz CT molecular complexity index is 1010. The Kier molecular flexibility index (Phi) is 12.5. The quantitative estimate of drug-likeness (QED) is 0.236. The van der Waals surface area contributed by atoms with E-state index in [2.05, 4.69) is 10.6 Å². The van der Waals surface area contributed by atoms with Crippen molar-refractivity contribution in [2.45, 2.75) is 45.2 Å². The predicted octanol–water partition coefficient (Wildman–Crippen LogP) is 0.913. The van der Waals surface area contributed by atoms with Crippen LogP contribution in [0.25, 0.3) is 0 Å². The first-order valence-corrected chi connectivity index (χ1v) is 12.6. The number of anilines is 1. The van der Waals surface area contributed by atoms with Gasteiger partial charge in [0.1, 0.15) is 11.8 Å². The first-order valence-electron chi connectivity index (χ1n) is 12.6. The standard InChI is InChI=1S/C27H40N6O4/c1-3-37-21-10-12-23(19(2)17-21)31-27(36)24(11-9-20-7-5-4-6-8-20)32-26(35)22(30)18-25(34)33(15-13-28)16-14-29/h4-8,10,12,17,22,24H,3,9,11,13-16,18,28-30H2,1-2H3,(H,31,36)(H,32,35)/t22-,24-/m0/s1. The van der Waals surface area contributed by atoms with E-state index in [-0.39, 0.29) is 31.3 Å².